The van der Waals surface area contributed by atoms with E-state index >= 15 is 0 Å². The van der Waals surface area contributed by atoms with E-state index in [4.69, 9.17) is 32.7 Å². The third kappa shape index (κ3) is 7.23. The van der Waals surface area contributed by atoms with Gasteiger partial charge >= 0.3 is 0 Å². The maximum absolute atomic E-state index is 13.4. The van der Waals surface area contributed by atoms with Crippen molar-refractivity contribution < 1.29 is 19.1 Å². The molecular formula is C36H36Cl2N8O4. The molecule has 258 valence electrons. The maximum atomic E-state index is 13.4. The van der Waals surface area contributed by atoms with E-state index in [0.29, 0.717) is 58.1 Å². The van der Waals surface area contributed by atoms with Gasteiger partial charge in [0.25, 0.3) is 11.8 Å². The summed E-state index contributed by atoms with van der Waals surface area (Å²) in [4.78, 5) is 42.2. The minimum atomic E-state index is -0.479. The summed E-state index contributed by atoms with van der Waals surface area (Å²) in [6, 6.07) is 15.7. The molecule has 1 aliphatic rings. The predicted octanol–water partition coefficient (Wildman–Crippen LogP) is 6.70. The number of rotatable bonds is 11. The summed E-state index contributed by atoms with van der Waals surface area (Å²) >= 11 is 13.7. The SMILES string of the molecule is CCN1CCc2c(nc(C(=O)Nc3cccc(-c4cccc(NC(=O)c5cc(OC)c(CNc6ccnc(OC)c6)cn5)c4Cl)c3Cl)n2C)C1. The van der Waals surface area contributed by atoms with E-state index in [1.54, 1.807) is 68.0 Å². The van der Waals surface area contributed by atoms with Crippen LogP contribution in [0.15, 0.2) is 67.0 Å². The normalized spacial score (nSPS) is 12.6. The van der Waals surface area contributed by atoms with Crippen LogP contribution in [0, 0.1) is 0 Å². The number of fused-ring (bicyclic) bond motifs is 1. The summed E-state index contributed by atoms with van der Waals surface area (Å²) < 4.78 is 12.6. The molecule has 1 aliphatic heterocycles. The van der Waals surface area contributed by atoms with Crippen LogP contribution in [-0.2, 0) is 26.6 Å². The van der Waals surface area contributed by atoms with Crippen LogP contribution in [0.4, 0.5) is 17.1 Å². The minimum Gasteiger partial charge on any atom is -0.496 e. The number of carbonyl (C=O) groups is 2. The largest absolute Gasteiger partial charge is 0.496 e. The number of imidazole rings is 1. The Morgan fingerprint density at radius 1 is 0.920 bits per heavy atom. The standard InChI is InChI=1S/C36H36Cl2N8O4/c1-5-46-15-13-29-28(20-46)42-34(45(29)2)36(48)44-26-11-7-9-24(33(26)38)23-8-6-10-25(32(23)37)43-35(47)27-17-30(49-3)21(19-41-27)18-40-22-12-14-39-31(16-22)50-4/h6-12,14,16-17,19H,5,13,15,18,20H2,1-4H3,(H,39,40)(H,43,47)(H,44,48). The first-order valence-corrected chi connectivity index (χ1v) is 16.7. The fraction of sp³-hybridized carbons (Fsp3) is 0.250. The van der Waals surface area contributed by atoms with Gasteiger partial charge < -0.3 is 30.0 Å². The predicted molar refractivity (Wildman–Crippen MR) is 195 cm³/mol. The highest BCUT2D eigenvalue weighted by atomic mass is 35.5. The van der Waals surface area contributed by atoms with Crippen molar-refractivity contribution in [2.75, 3.05) is 43.3 Å². The molecule has 3 aromatic heterocycles. The molecule has 5 aromatic rings. The van der Waals surface area contributed by atoms with Gasteiger partial charge in [0.15, 0.2) is 5.82 Å². The van der Waals surface area contributed by atoms with Crippen molar-refractivity contribution in [2.45, 2.75) is 26.4 Å². The number of carbonyl (C=O) groups excluding carboxylic acids is 2. The molecule has 0 saturated carbocycles. The molecule has 2 aromatic carbocycles. The van der Waals surface area contributed by atoms with Gasteiger partial charge in [0.05, 0.1) is 41.3 Å². The van der Waals surface area contributed by atoms with E-state index < -0.39 is 5.91 Å². The van der Waals surface area contributed by atoms with Crippen LogP contribution in [0.1, 0.15) is 45.0 Å². The number of aromatic nitrogens is 4. The zero-order valence-corrected chi connectivity index (χ0v) is 29.5. The van der Waals surface area contributed by atoms with Crippen LogP contribution in [0.25, 0.3) is 11.1 Å². The number of hydrogen-bond donors (Lipinski definition) is 3. The van der Waals surface area contributed by atoms with Crippen molar-refractivity contribution in [2.24, 2.45) is 7.05 Å². The van der Waals surface area contributed by atoms with Crippen LogP contribution < -0.4 is 25.4 Å². The van der Waals surface area contributed by atoms with Crippen LogP contribution in [0.3, 0.4) is 0 Å². The number of nitrogens with zero attached hydrogens (tertiary/aromatic N) is 5. The average molecular weight is 716 g/mol. The van der Waals surface area contributed by atoms with E-state index in [9.17, 15) is 9.59 Å². The number of hydrogen-bond acceptors (Lipinski definition) is 9. The van der Waals surface area contributed by atoms with Gasteiger partial charge in [0, 0.05) is 85.7 Å². The zero-order valence-electron chi connectivity index (χ0n) is 28.0. The Morgan fingerprint density at radius 3 is 2.28 bits per heavy atom. The van der Waals surface area contributed by atoms with Crippen molar-refractivity contribution in [1.82, 2.24) is 24.4 Å². The number of nitrogens with one attached hydrogen (secondary N) is 3. The van der Waals surface area contributed by atoms with Crippen LogP contribution in [0.5, 0.6) is 11.6 Å². The van der Waals surface area contributed by atoms with E-state index in [1.165, 1.54) is 7.11 Å². The Kier molecular flexibility index (Phi) is 10.5. The van der Waals surface area contributed by atoms with Gasteiger partial charge in [-0.25, -0.2) is 9.97 Å². The van der Waals surface area contributed by atoms with Gasteiger partial charge in [0.1, 0.15) is 11.4 Å². The van der Waals surface area contributed by atoms with Gasteiger partial charge in [-0.05, 0) is 24.7 Å². The van der Waals surface area contributed by atoms with Gasteiger partial charge in [0.2, 0.25) is 5.88 Å². The topological polar surface area (TPSA) is 136 Å². The Labute approximate surface area is 299 Å². The molecule has 6 rings (SSSR count). The molecule has 0 saturated heterocycles. The number of amides is 2. The quantitative estimate of drug-likeness (QED) is 0.137. The minimum absolute atomic E-state index is 0.138. The highest BCUT2D eigenvalue weighted by Gasteiger charge is 2.25. The third-order valence-electron chi connectivity index (χ3n) is 8.59. The van der Waals surface area contributed by atoms with Crippen molar-refractivity contribution in [3.63, 3.8) is 0 Å². The summed E-state index contributed by atoms with van der Waals surface area (Å²) in [6.07, 6.45) is 4.05. The Hall–Kier alpha value is -5.17. The molecule has 0 unspecified atom stereocenters. The lowest BCUT2D eigenvalue weighted by molar-refractivity contribution is 0.100. The van der Waals surface area contributed by atoms with Crippen LogP contribution >= 0.6 is 23.2 Å². The molecule has 50 heavy (non-hydrogen) atoms. The van der Waals surface area contributed by atoms with Gasteiger partial charge in [-0.15, -0.1) is 0 Å². The number of halogens is 2. The molecule has 0 spiro atoms. The molecule has 0 fully saturated rings. The summed E-state index contributed by atoms with van der Waals surface area (Å²) in [6.45, 7) is 5.07. The second-order valence-electron chi connectivity index (χ2n) is 11.6. The van der Waals surface area contributed by atoms with Gasteiger partial charge in [-0.1, -0.05) is 54.4 Å². The Morgan fingerprint density at radius 2 is 1.62 bits per heavy atom. The first kappa shape index (κ1) is 34.7. The fourth-order valence-electron chi connectivity index (χ4n) is 5.83. The second-order valence-corrected chi connectivity index (χ2v) is 12.3. The first-order chi connectivity index (χ1) is 24.2. The fourth-order valence-corrected chi connectivity index (χ4v) is 6.38. The average Bonchev–Trinajstić information content (AvgIpc) is 3.47. The van der Waals surface area contributed by atoms with E-state index in [1.807, 2.05) is 17.7 Å². The molecule has 0 atom stereocenters. The number of benzene rings is 2. The lowest BCUT2D eigenvalue weighted by atomic mass is 10.0. The second kappa shape index (κ2) is 15.2. The van der Waals surface area contributed by atoms with E-state index in [2.05, 4.69) is 42.7 Å². The number of likely N-dealkylation sites (N-methyl/N-ethyl adjacent to an activating group) is 1. The lowest BCUT2D eigenvalue weighted by Gasteiger charge is -2.24. The monoisotopic (exact) mass is 714 g/mol. The number of pyridine rings is 2. The van der Waals surface area contributed by atoms with Crippen molar-refractivity contribution in [3.8, 4) is 22.8 Å². The zero-order chi connectivity index (χ0) is 35.4. The molecule has 14 heteroatoms. The molecule has 2 amide bonds. The molecule has 4 heterocycles. The van der Waals surface area contributed by atoms with Crippen molar-refractivity contribution in [1.29, 1.82) is 0 Å². The molecule has 0 aliphatic carbocycles. The molecule has 0 bridgehead atoms. The summed E-state index contributed by atoms with van der Waals surface area (Å²) in [5, 5.41) is 9.61. The van der Waals surface area contributed by atoms with Gasteiger partial charge in [-0.3, -0.25) is 19.5 Å². The molecule has 3 N–H and O–H groups in total. The number of methoxy groups -OCH3 is 2. The van der Waals surface area contributed by atoms with Crippen molar-refractivity contribution >= 4 is 52.1 Å². The van der Waals surface area contributed by atoms with Crippen LogP contribution in [-0.4, -0.2) is 63.5 Å². The molecular weight excluding hydrogens is 679 g/mol. The lowest BCUT2D eigenvalue weighted by Crippen LogP contribution is -2.30. The van der Waals surface area contributed by atoms with Crippen molar-refractivity contribution in [3.05, 3.63) is 106 Å². The highest BCUT2D eigenvalue weighted by molar-refractivity contribution is 6.40. The summed E-state index contributed by atoms with van der Waals surface area (Å²) in [5.41, 5.74) is 5.57. The first-order valence-electron chi connectivity index (χ1n) is 15.9. The Balaban J connectivity index is 1.17. The number of ether oxygens (including phenoxy) is 2. The Bertz CT molecular complexity index is 2070. The maximum Gasteiger partial charge on any atom is 0.291 e. The number of anilines is 3. The summed E-state index contributed by atoms with van der Waals surface area (Å²) in [7, 11) is 4.94. The summed E-state index contributed by atoms with van der Waals surface area (Å²) in [5.74, 6) is 0.448. The third-order valence-corrected chi connectivity index (χ3v) is 9.41. The van der Waals surface area contributed by atoms with Crippen LogP contribution in [0.2, 0.25) is 10.0 Å². The van der Waals surface area contributed by atoms with E-state index in [-0.39, 0.29) is 16.6 Å². The van der Waals surface area contributed by atoms with Gasteiger partial charge in [-0.2, -0.15) is 0 Å². The van der Waals surface area contributed by atoms with E-state index in [0.717, 1.165) is 42.1 Å². The highest BCUT2D eigenvalue weighted by Crippen LogP contribution is 2.40. The molecule has 12 nitrogen and oxygen atoms in total. The smallest absolute Gasteiger partial charge is 0.291 e. The molecule has 0 radical (unpaired) electrons.